The van der Waals surface area contributed by atoms with Crippen molar-refractivity contribution in [2.24, 2.45) is 0 Å². The van der Waals surface area contributed by atoms with E-state index in [1.165, 1.54) is 6.07 Å². The Hall–Kier alpha value is -2.57. The number of nitrogens with one attached hydrogen (secondary N) is 2. The van der Waals surface area contributed by atoms with Gasteiger partial charge in [-0.1, -0.05) is 47.5 Å². The zero-order valence-electron chi connectivity index (χ0n) is 14.7. The van der Waals surface area contributed by atoms with Gasteiger partial charge in [0, 0.05) is 5.69 Å². The van der Waals surface area contributed by atoms with Gasteiger partial charge in [0.25, 0.3) is 5.91 Å². The number of para-hydroxylation sites is 1. The molecule has 27 heavy (non-hydrogen) atoms. The predicted molar refractivity (Wildman–Crippen MR) is 104 cm³/mol. The zero-order chi connectivity index (χ0) is 19.8. The second kappa shape index (κ2) is 7.21. The number of hydrogen-bond acceptors (Lipinski definition) is 3. The molecule has 1 saturated heterocycles. The van der Waals surface area contributed by atoms with Crippen LogP contribution in [0.5, 0.6) is 0 Å². The fourth-order valence-electron chi connectivity index (χ4n) is 2.89. The number of rotatable bonds is 4. The number of imide groups is 1. The molecule has 1 heterocycles. The van der Waals surface area contributed by atoms with Crippen molar-refractivity contribution in [3.63, 3.8) is 0 Å². The van der Waals surface area contributed by atoms with Gasteiger partial charge in [-0.05, 0) is 43.2 Å². The van der Waals surface area contributed by atoms with Crippen molar-refractivity contribution in [1.82, 2.24) is 10.2 Å². The monoisotopic (exact) mass is 405 g/mol. The van der Waals surface area contributed by atoms with E-state index in [1.54, 1.807) is 31.2 Å². The Balaban J connectivity index is 1.78. The van der Waals surface area contributed by atoms with Crippen molar-refractivity contribution in [1.29, 1.82) is 0 Å². The highest BCUT2D eigenvalue weighted by Gasteiger charge is 2.49. The molecule has 0 radical (unpaired) electrons. The highest BCUT2D eigenvalue weighted by molar-refractivity contribution is 6.42. The summed E-state index contributed by atoms with van der Waals surface area (Å²) in [6.07, 6.45) is 0. The lowest BCUT2D eigenvalue weighted by Crippen LogP contribution is -2.42. The molecule has 6 nitrogen and oxygen atoms in total. The number of nitrogens with zero attached hydrogens (tertiary/aromatic N) is 1. The normalized spacial score (nSPS) is 19.2. The third-order valence-electron chi connectivity index (χ3n) is 4.49. The van der Waals surface area contributed by atoms with E-state index in [2.05, 4.69) is 10.6 Å². The van der Waals surface area contributed by atoms with Gasteiger partial charge < -0.3 is 10.6 Å². The number of urea groups is 1. The number of halogens is 2. The third-order valence-corrected chi connectivity index (χ3v) is 5.23. The molecule has 2 aromatic carbocycles. The molecule has 2 N–H and O–H groups in total. The summed E-state index contributed by atoms with van der Waals surface area (Å²) < 4.78 is 0. The fraction of sp³-hybridized carbons (Fsp3) is 0.211. The Labute approximate surface area is 166 Å². The molecule has 2 aromatic rings. The van der Waals surface area contributed by atoms with Crippen LogP contribution in [-0.4, -0.2) is 29.3 Å². The van der Waals surface area contributed by atoms with Crippen molar-refractivity contribution in [3.05, 3.63) is 63.6 Å². The summed E-state index contributed by atoms with van der Waals surface area (Å²) in [4.78, 5) is 38.4. The lowest BCUT2D eigenvalue weighted by molar-refractivity contribution is -0.133. The third kappa shape index (κ3) is 3.63. The molecule has 1 unspecified atom stereocenters. The van der Waals surface area contributed by atoms with Crippen LogP contribution < -0.4 is 10.6 Å². The summed E-state index contributed by atoms with van der Waals surface area (Å²) in [6.45, 7) is 3.02. The first-order chi connectivity index (χ1) is 12.7. The summed E-state index contributed by atoms with van der Waals surface area (Å²) in [5.74, 6) is -1.00. The van der Waals surface area contributed by atoms with Crippen molar-refractivity contribution >= 4 is 46.7 Å². The summed E-state index contributed by atoms with van der Waals surface area (Å²) in [5, 5.41) is 5.95. The molecule has 1 aliphatic rings. The average molecular weight is 406 g/mol. The van der Waals surface area contributed by atoms with Gasteiger partial charge in [-0.25, -0.2) is 4.79 Å². The number of hydrogen-bond donors (Lipinski definition) is 2. The van der Waals surface area contributed by atoms with E-state index in [0.29, 0.717) is 16.3 Å². The van der Waals surface area contributed by atoms with Gasteiger partial charge >= 0.3 is 6.03 Å². The van der Waals surface area contributed by atoms with E-state index in [9.17, 15) is 14.4 Å². The molecule has 0 aromatic heterocycles. The van der Waals surface area contributed by atoms with Gasteiger partial charge in [0.1, 0.15) is 12.1 Å². The molecule has 1 atom stereocenters. The maximum Gasteiger partial charge on any atom is 0.325 e. The molecule has 0 saturated carbocycles. The van der Waals surface area contributed by atoms with E-state index >= 15 is 0 Å². The van der Waals surface area contributed by atoms with Gasteiger partial charge in [0.05, 0.1) is 10.0 Å². The average Bonchev–Trinajstić information content (AvgIpc) is 2.83. The van der Waals surface area contributed by atoms with Crippen LogP contribution in [0, 0.1) is 6.92 Å². The maximum absolute atomic E-state index is 12.9. The van der Waals surface area contributed by atoms with E-state index in [0.717, 1.165) is 10.5 Å². The van der Waals surface area contributed by atoms with E-state index in [1.807, 2.05) is 19.1 Å². The van der Waals surface area contributed by atoms with Crippen LogP contribution in [0.25, 0.3) is 0 Å². The minimum absolute atomic E-state index is 0.271. The van der Waals surface area contributed by atoms with Crippen LogP contribution in [0.3, 0.4) is 0 Å². The maximum atomic E-state index is 12.9. The molecule has 140 valence electrons. The van der Waals surface area contributed by atoms with Gasteiger partial charge in [-0.2, -0.15) is 0 Å². The molecular formula is C19H17Cl2N3O3. The Morgan fingerprint density at radius 3 is 2.52 bits per heavy atom. The van der Waals surface area contributed by atoms with Crippen LogP contribution in [0.15, 0.2) is 42.5 Å². The first-order valence-corrected chi connectivity index (χ1v) is 8.93. The van der Waals surface area contributed by atoms with Gasteiger partial charge in [-0.3, -0.25) is 14.5 Å². The first-order valence-electron chi connectivity index (χ1n) is 8.17. The zero-order valence-corrected chi connectivity index (χ0v) is 16.2. The molecule has 1 fully saturated rings. The second-order valence-corrected chi connectivity index (χ2v) is 7.25. The first kappa shape index (κ1) is 19.2. The van der Waals surface area contributed by atoms with Gasteiger partial charge in [0.15, 0.2) is 0 Å². The molecule has 3 rings (SSSR count). The second-order valence-electron chi connectivity index (χ2n) is 6.44. The van der Waals surface area contributed by atoms with Crippen LogP contribution >= 0.6 is 23.2 Å². The highest BCUT2D eigenvalue weighted by atomic mass is 35.5. The van der Waals surface area contributed by atoms with Crippen LogP contribution in [0.2, 0.25) is 10.0 Å². The molecule has 4 amide bonds. The number of benzene rings is 2. The van der Waals surface area contributed by atoms with Gasteiger partial charge in [-0.15, -0.1) is 0 Å². The minimum atomic E-state index is -1.33. The smallest absolute Gasteiger partial charge is 0.324 e. The van der Waals surface area contributed by atoms with E-state index < -0.39 is 29.9 Å². The lowest BCUT2D eigenvalue weighted by atomic mass is 9.92. The Bertz CT molecular complexity index is 948. The molecule has 0 spiro atoms. The highest BCUT2D eigenvalue weighted by Crippen LogP contribution is 2.33. The van der Waals surface area contributed by atoms with Gasteiger partial charge in [0.2, 0.25) is 5.91 Å². The largest absolute Gasteiger partial charge is 0.325 e. The van der Waals surface area contributed by atoms with Crippen LogP contribution in [-0.2, 0) is 15.1 Å². The topological polar surface area (TPSA) is 78.5 Å². The van der Waals surface area contributed by atoms with Crippen LogP contribution in [0.4, 0.5) is 10.5 Å². The summed E-state index contributed by atoms with van der Waals surface area (Å²) >= 11 is 11.9. The standard InChI is InChI=1S/C19H17Cl2N3O3/c1-11-5-3-4-6-15(11)22-16(25)10-24-17(26)19(2,23-18(24)27)12-7-8-13(20)14(21)9-12/h3-9H,10H2,1-2H3,(H,22,25)(H,23,27). The summed E-state index contributed by atoms with van der Waals surface area (Å²) in [7, 11) is 0. The van der Waals surface area contributed by atoms with E-state index in [-0.39, 0.29) is 5.02 Å². The Morgan fingerprint density at radius 1 is 1.15 bits per heavy atom. The summed E-state index contributed by atoms with van der Waals surface area (Å²) in [5.41, 5.74) is 0.663. The van der Waals surface area contributed by atoms with Crippen molar-refractivity contribution in [2.45, 2.75) is 19.4 Å². The van der Waals surface area contributed by atoms with Crippen LogP contribution in [0.1, 0.15) is 18.1 Å². The Kier molecular flexibility index (Phi) is 5.13. The predicted octanol–water partition coefficient (Wildman–Crippen LogP) is 3.71. The molecule has 0 bridgehead atoms. The number of carbonyl (C=O) groups is 3. The molecular weight excluding hydrogens is 389 g/mol. The molecule has 1 aliphatic heterocycles. The van der Waals surface area contributed by atoms with Crippen molar-refractivity contribution < 1.29 is 14.4 Å². The SMILES string of the molecule is Cc1ccccc1NC(=O)CN1C(=O)NC(C)(c2ccc(Cl)c(Cl)c2)C1=O. The molecule has 8 heteroatoms. The fourth-order valence-corrected chi connectivity index (χ4v) is 3.19. The lowest BCUT2D eigenvalue weighted by Gasteiger charge is -2.22. The van der Waals surface area contributed by atoms with E-state index in [4.69, 9.17) is 23.2 Å². The quantitative estimate of drug-likeness (QED) is 0.760. The van der Waals surface area contributed by atoms with Crippen molar-refractivity contribution in [2.75, 3.05) is 11.9 Å². The summed E-state index contributed by atoms with van der Waals surface area (Å²) in [6, 6.07) is 11.3. The molecule has 0 aliphatic carbocycles. The van der Waals surface area contributed by atoms with Crippen molar-refractivity contribution in [3.8, 4) is 0 Å². The number of aryl methyl sites for hydroxylation is 1. The number of carbonyl (C=O) groups excluding carboxylic acids is 3. The minimum Gasteiger partial charge on any atom is -0.324 e. The number of anilines is 1. The number of amides is 4. The Morgan fingerprint density at radius 2 is 1.85 bits per heavy atom.